The summed E-state index contributed by atoms with van der Waals surface area (Å²) in [6, 6.07) is 0.0684. The lowest BCUT2D eigenvalue weighted by Crippen LogP contribution is -2.78. The number of piperidine rings is 1. The number of halogens is 3. The molecule has 1 aromatic heterocycles. The van der Waals surface area contributed by atoms with Crippen LogP contribution in [-0.2, 0) is 9.53 Å². The Morgan fingerprint density at radius 1 is 1.48 bits per heavy atom. The van der Waals surface area contributed by atoms with Gasteiger partial charge in [-0.25, -0.2) is 4.79 Å². The lowest BCUT2D eigenvalue weighted by molar-refractivity contribution is -0.223. The van der Waals surface area contributed by atoms with Crippen LogP contribution in [0.3, 0.4) is 0 Å². The van der Waals surface area contributed by atoms with Crippen molar-refractivity contribution < 1.29 is 22.7 Å². The number of alkyl halides is 3. The minimum atomic E-state index is -4.99. The van der Waals surface area contributed by atoms with E-state index in [1.807, 2.05) is 13.8 Å². The number of esters is 1. The van der Waals surface area contributed by atoms with Crippen molar-refractivity contribution in [3.8, 4) is 0 Å². The molecule has 128 valence electrons. The Labute approximate surface area is 131 Å². The molecule has 1 N–H and O–H groups in total. The summed E-state index contributed by atoms with van der Waals surface area (Å²) in [5, 5.41) is 10.9. The van der Waals surface area contributed by atoms with Gasteiger partial charge in [0.1, 0.15) is 18.8 Å². The molecule has 0 aromatic carbocycles. The average molecular weight is 332 g/mol. The summed E-state index contributed by atoms with van der Waals surface area (Å²) in [6.07, 6.45) is -0.724. The van der Waals surface area contributed by atoms with E-state index in [0.29, 0.717) is 19.3 Å². The Hall–Kier alpha value is -1.64. The number of hydrogen-bond donors (Lipinski definition) is 1. The molecule has 0 amide bonds. The van der Waals surface area contributed by atoms with Crippen LogP contribution >= 0.6 is 0 Å². The lowest BCUT2D eigenvalue weighted by Gasteiger charge is -2.62. The highest BCUT2D eigenvalue weighted by molar-refractivity contribution is 5.76. The van der Waals surface area contributed by atoms with Gasteiger partial charge in [0.05, 0.1) is 11.6 Å². The molecule has 0 spiro atoms. The van der Waals surface area contributed by atoms with Crippen LogP contribution in [0.5, 0.6) is 0 Å². The fourth-order valence-electron chi connectivity index (χ4n) is 4.22. The van der Waals surface area contributed by atoms with Gasteiger partial charge in [0.15, 0.2) is 0 Å². The van der Waals surface area contributed by atoms with Gasteiger partial charge in [-0.15, -0.1) is 10.2 Å². The van der Waals surface area contributed by atoms with Gasteiger partial charge in [-0.2, -0.15) is 13.2 Å². The normalized spacial score (nSPS) is 34.6. The van der Waals surface area contributed by atoms with E-state index < -0.39 is 23.8 Å². The van der Waals surface area contributed by atoms with Crippen LogP contribution in [0, 0.1) is 5.92 Å². The van der Waals surface area contributed by atoms with Crippen LogP contribution < -0.4 is 5.32 Å². The summed E-state index contributed by atoms with van der Waals surface area (Å²) in [7, 11) is 0. The number of nitrogens with one attached hydrogen (secondary N) is 1. The molecule has 1 aliphatic carbocycles. The first kappa shape index (κ1) is 16.2. The van der Waals surface area contributed by atoms with E-state index in [1.54, 1.807) is 17.2 Å². The van der Waals surface area contributed by atoms with Crippen LogP contribution in [0.1, 0.15) is 39.2 Å². The summed E-state index contributed by atoms with van der Waals surface area (Å²) in [6.45, 7) is 3.77. The average Bonchev–Trinajstić information content (AvgIpc) is 2.93. The molecule has 4 rings (SSSR count). The molecule has 2 aliphatic heterocycles. The molecule has 1 saturated carbocycles. The Morgan fingerprint density at radius 3 is 2.61 bits per heavy atom. The van der Waals surface area contributed by atoms with E-state index >= 15 is 0 Å². The van der Waals surface area contributed by atoms with Crippen LogP contribution in [0.2, 0.25) is 0 Å². The largest absolute Gasteiger partial charge is 0.490 e. The third kappa shape index (κ3) is 2.60. The molecule has 6 nitrogen and oxygen atoms in total. The van der Waals surface area contributed by atoms with Crippen molar-refractivity contribution in [2.75, 3.05) is 0 Å². The van der Waals surface area contributed by atoms with Crippen molar-refractivity contribution in [2.45, 2.75) is 63.0 Å². The molecular formula is C14H19F3N4O2. The predicted molar refractivity (Wildman–Crippen MR) is 73.3 cm³/mol. The van der Waals surface area contributed by atoms with Crippen LogP contribution in [0.4, 0.5) is 13.2 Å². The van der Waals surface area contributed by atoms with Gasteiger partial charge in [-0.3, -0.25) is 0 Å². The number of carbonyl (C=O) groups excluding carboxylic acids is 1. The maximum atomic E-state index is 12.6. The number of ether oxygens (including phenoxy) is 1. The molecule has 3 heterocycles. The van der Waals surface area contributed by atoms with Gasteiger partial charge < -0.3 is 14.6 Å². The van der Waals surface area contributed by atoms with Crippen molar-refractivity contribution in [1.82, 2.24) is 20.1 Å². The quantitative estimate of drug-likeness (QED) is 0.852. The number of rotatable bonds is 4. The summed E-state index contributed by atoms with van der Waals surface area (Å²) >= 11 is 0. The highest BCUT2D eigenvalue weighted by Crippen LogP contribution is 2.50. The lowest BCUT2D eigenvalue weighted by atomic mass is 9.60. The van der Waals surface area contributed by atoms with Crippen LogP contribution in [0.15, 0.2) is 12.7 Å². The van der Waals surface area contributed by atoms with E-state index in [1.165, 1.54) is 0 Å². The molecule has 3 fully saturated rings. The summed E-state index contributed by atoms with van der Waals surface area (Å²) < 4.78 is 44.6. The van der Waals surface area contributed by atoms with Crippen LogP contribution in [-0.4, -0.2) is 44.6 Å². The van der Waals surface area contributed by atoms with E-state index in [9.17, 15) is 18.0 Å². The molecular weight excluding hydrogens is 313 g/mol. The molecule has 0 radical (unpaired) electrons. The molecule has 2 saturated heterocycles. The zero-order chi connectivity index (χ0) is 16.8. The minimum absolute atomic E-state index is 0.146. The number of aromatic nitrogens is 3. The molecule has 5 atom stereocenters. The smallest absolute Gasteiger partial charge is 0.453 e. The zero-order valence-electron chi connectivity index (χ0n) is 12.9. The number of nitrogens with zero attached hydrogens (tertiary/aromatic N) is 3. The van der Waals surface area contributed by atoms with Gasteiger partial charge in [-0.05, 0) is 25.2 Å². The molecule has 2 bridgehead atoms. The van der Waals surface area contributed by atoms with Gasteiger partial charge in [0, 0.05) is 6.04 Å². The number of fused-ring (bicyclic) bond motifs is 2. The number of carbonyl (C=O) groups is 1. The summed E-state index contributed by atoms with van der Waals surface area (Å²) in [5.74, 6) is -2.27. The molecule has 5 unspecified atom stereocenters. The Kier molecular flexibility index (Phi) is 3.86. The summed E-state index contributed by atoms with van der Waals surface area (Å²) in [4.78, 5) is 11.4. The van der Waals surface area contributed by atoms with Gasteiger partial charge in [-0.1, -0.05) is 13.8 Å². The highest BCUT2D eigenvalue weighted by atomic mass is 19.4. The number of hydrogen-bond acceptors (Lipinski definition) is 5. The van der Waals surface area contributed by atoms with Gasteiger partial charge in [0.25, 0.3) is 0 Å². The van der Waals surface area contributed by atoms with Crippen LogP contribution in [0.25, 0.3) is 0 Å². The topological polar surface area (TPSA) is 69.0 Å². The predicted octanol–water partition coefficient (Wildman–Crippen LogP) is 1.84. The third-order valence-electron chi connectivity index (χ3n) is 4.98. The maximum absolute atomic E-state index is 12.6. The molecule has 3 aliphatic rings. The molecule has 23 heavy (non-hydrogen) atoms. The van der Waals surface area contributed by atoms with E-state index in [-0.39, 0.29) is 18.0 Å². The van der Waals surface area contributed by atoms with Crippen molar-refractivity contribution in [3.63, 3.8) is 0 Å². The SMILES string of the molecule is CCC(n1cnnc1)C12CC(CC(C)C1OC(=O)C(F)(F)F)N2. The first-order chi connectivity index (χ1) is 10.8. The monoisotopic (exact) mass is 332 g/mol. The van der Waals surface area contributed by atoms with Gasteiger partial charge in [0.2, 0.25) is 0 Å². The second kappa shape index (κ2) is 5.47. The third-order valence-corrected chi connectivity index (χ3v) is 4.98. The summed E-state index contributed by atoms with van der Waals surface area (Å²) in [5.41, 5.74) is -0.708. The van der Waals surface area contributed by atoms with E-state index in [0.717, 1.165) is 0 Å². The Morgan fingerprint density at radius 2 is 2.09 bits per heavy atom. The molecule has 9 heteroatoms. The zero-order valence-corrected chi connectivity index (χ0v) is 12.9. The fraction of sp³-hybridized carbons (Fsp3) is 0.786. The van der Waals surface area contributed by atoms with Crippen molar-refractivity contribution in [1.29, 1.82) is 0 Å². The maximum Gasteiger partial charge on any atom is 0.490 e. The minimum Gasteiger partial charge on any atom is -0.453 e. The fourth-order valence-corrected chi connectivity index (χ4v) is 4.22. The standard InChI is InChI=1S/C14H19F3N4O2/c1-3-10(21-6-18-19-7-21)13-5-9(20-13)4-8(2)11(13)23-12(22)14(15,16)17/h6-11,20H,3-5H2,1-2H3. The highest BCUT2D eigenvalue weighted by Gasteiger charge is 2.62. The first-order valence-corrected chi connectivity index (χ1v) is 7.67. The second-order valence-corrected chi connectivity index (χ2v) is 6.46. The van der Waals surface area contributed by atoms with E-state index in [4.69, 9.17) is 4.74 Å². The van der Waals surface area contributed by atoms with Crippen molar-refractivity contribution >= 4 is 5.97 Å². The second-order valence-electron chi connectivity index (χ2n) is 6.46. The Balaban J connectivity index is 1.90. The van der Waals surface area contributed by atoms with Gasteiger partial charge >= 0.3 is 12.1 Å². The molecule has 1 aromatic rings. The first-order valence-electron chi connectivity index (χ1n) is 7.67. The van der Waals surface area contributed by atoms with Crippen molar-refractivity contribution in [3.05, 3.63) is 12.7 Å². The van der Waals surface area contributed by atoms with Crippen molar-refractivity contribution in [2.24, 2.45) is 5.92 Å². The van der Waals surface area contributed by atoms with E-state index in [2.05, 4.69) is 15.5 Å². The Bertz CT molecular complexity index is 569.